The molecule has 1 aromatic heterocycles. The van der Waals surface area contributed by atoms with Crippen LogP contribution in [0.25, 0.3) is 0 Å². The second kappa shape index (κ2) is 5.98. The van der Waals surface area contributed by atoms with Crippen LogP contribution >= 0.6 is 11.6 Å². The maximum Gasteiger partial charge on any atom is 0.240 e. The van der Waals surface area contributed by atoms with Crippen molar-refractivity contribution >= 4 is 21.6 Å². The molecule has 0 bridgehead atoms. The summed E-state index contributed by atoms with van der Waals surface area (Å²) in [6, 6.07) is 4.66. The van der Waals surface area contributed by atoms with Crippen LogP contribution in [0, 0.1) is 6.92 Å². The number of aryl methyl sites for hydroxylation is 3. The van der Waals surface area contributed by atoms with Crippen LogP contribution in [-0.2, 0) is 23.0 Å². The molecule has 22 heavy (non-hydrogen) atoms. The molecular formula is C14H17ClN4O2S. The van der Waals surface area contributed by atoms with E-state index in [9.17, 15) is 8.42 Å². The molecule has 1 unspecified atom stereocenters. The molecule has 0 radical (unpaired) electrons. The molecule has 118 valence electrons. The van der Waals surface area contributed by atoms with Gasteiger partial charge in [0.2, 0.25) is 10.0 Å². The summed E-state index contributed by atoms with van der Waals surface area (Å²) in [5.41, 5.74) is 0.855. The van der Waals surface area contributed by atoms with Crippen molar-refractivity contribution in [2.45, 2.75) is 43.7 Å². The fourth-order valence-corrected chi connectivity index (χ4v) is 4.12. The zero-order chi connectivity index (χ0) is 15.7. The molecule has 6 nitrogen and oxygen atoms in total. The van der Waals surface area contributed by atoms with Gasteiger partial charge in [-0.3, -0.25) is 0 Å². The Labute approximate surface area is 134 Å². The maximum absolute atomic E-state index is 12.5. The monoisotopic (exact) mass is 340 g/mol. The smallest absolute Gasteiger partial charge is 0.240 e. The Balaban J connectivity index is 1.74. The number of rotatable bonds is 3. The molecule has 1 N–H and O–H groups in total. The Morgan fingerprint density at radius 2 is 2.18 bits per heavy atom. The molecule has 0 spiro atoms. The number of fused-ring (bicyclic) bond motifs is 1. The molecule has 3 rings (SSSR count). The molecule has 0 saturated carbocycles. The van der Waals surface area contributed by atoms with Gasteiger partial charge in [0.1, 0.15) is 12.2 Å². The predicted octanol–water partition coefficient (Wildman–Crippen LogP) is 1.92. The first-order valence-electron chi connectivity index (χ1n) is 7.11. The molecule has 2 heterocycles. The van der Waals surface area contributed by atoms with Crippen molar-refractivity contribution in [3.05, 3.63) is 40.9 Å². The second-order valence-electron chi connectivity index (χ2n) is 5.50. The van der Waals surface area contributed by atoms with Crippen molar-refractivity contribution in [2.75, 3.05) is 0 Å². The molecule has 1 atom stereocenters. The number of benzene rings is 1. The standard InChI is InChI=1S/C14H17ClN4O2S/c1-10-2-4-12(8-13(10)15)22(20,21)18-11-3-5-14-17-16-9-19(14)7-6-11/h2,4,8-9,11,18H,3,5-7H2,1H3. The van der Waals surface area contributed by atoms with Crippen LogP contribution in [0.4, 0.5) is 0 Å². The first-order chi connectivity index (χ1) is 10.5. The fraction of sp³-hybridized carbons (Fsp3) is 0.429. The van der Waals surface area contributed by atoms with E-state index < -0.39 is 10.0 Å². The highest BCUT2D eigenvalue weighted by atomic mass is 35.5. The summed E-state index contributed by atoms with van der Waals surface area (Å²) >= 11 is 6.02. The van der Waals surface area contributed by atoms with Crippen molar-refractivity contribution in [1.82, 2.24) is 19.5 Å². The van der Waals surface area contributed by atoms with Crippen LogP contribution in [0.3, 0.4) is 0 Å². The highest BCUT2D eigenvalue weighted by Crippen LogP contribution is 2.21. The lowest BCUT2D eigenvalue weighted by Crippen LogP contribution is -2.35. The van der Waals surface area contributed by atoms with Gasteiger partial charge in [0.25, 0.3) is 0 Å². The fourth-order valence-electron chi connectivity index (χ4n) is 2.55. The minimum atomic E-state index is -3.57. The van der Waals surface area contributed by atoms with Crippen molar-refractivity contribution in [1.29, 1.82) is 0 Å². The number of halogens is 1. The molecule has 8 heteroatoms. The molecule has 1 aliphatic rings. The number of sulfonamides is 1. The third-order valence-electron chi connectivity index (χ3n) is 3.91. The van der Waals surface area contributed by atoms with Crippen molar-refractivity contribution in [2.24, 2.45) is 0 Å². The third-order valence-corrected chi connectivity index (χ3v) is 5.83. The molecule has 0 aliphatic carbocycles. The third kappa shape index (κ3) is 3.16. The van der Waals surface area contributed by atoms with Gasteiger partial charge in [0, 0.05) is 24.0 Å². The van der Waals surface area contributed by atoms with E-state index in [0.29, 0.717) is 30.8 Å². The van der Waals surface area contributed by atoms with Crippen molar-refractivity contribution < 1.29 is 8.42 Å². The first-order valence-corrected chi connectivity index (χ1v) is 8.97. The summed E-state index contributed by atoms with van der Waals surface area (Å²) in [6.07, 6.45) is 3.81. The van der Waals surface area contributed by atoms with Crippen LogP contribution < -0.4 is 4.72 Å². The molecule has 0 fully saturated rings. The summed E-state index contributed by atoms with van der Waals surface area (Å²) in [6.45, 7) is 2.55. The Kier molecular flexibility index (Phi) is 4.20. The van der Waals surface area contributed by atoms with Crippen LogP contribution in [-0.4, -0.2) is 29.2 Å². The highest BCUT2D eigenvalue weighted by molar-refractivity contribution is 7.89. The quantitative estimate of drug-likeness (QED) is 0.926. The SMILES string of the molecule is Cc1ccc(S(=O)(=O)NC2CCc3nncn3CC2)cc1Cl. The lowest BCUT2D eigenvalue weighted by molar-refractivity contribution is 0.496. The van der Waals surface area contributed by atoms with Gasteiger partial charge in [-0.15, -0.1) is 10.2 Å². The lowest BCUT2D eigenvalue weighted by Gasteiger charge is -2.16. The van der Waals surface area contributed by atoms with E-state index in [1.807, 2.05) is 11.5 Å². The van der Waals surface area contributed by atoms with Crippen LogP contribution in [0.5, 0.6) is 0 Å². The normalized spacial score (nSPS) is 18.7. The summed E-state index contributed by atoms with van der Waals surface area (Å²) in [5.74, 6) is 0.903. The molecule has 0 amide bonds. The first kappa shape index (κ1) is 15.5. The van der Waals surface area contributed by atoms with Crippen LogP contribution in [0.2, 0.25) is 5.02 Å². The summed E-state index contributed by atoms with van der Waals surface area (Å²) in [7, 11) is -3.57. The Hall–Kier alpha value is -1.44. The van der Waals surface area contributed by atoms with Gasteiger partial charge < -0.3 is 4.57 Å². The average molecular weight is 341 g/mol. The second-order valence-corrected chi connectivity index (χ2v) is 7.62. The zero-order valence-corrected chi connectivity index (χ0v) is 13.7. The topological polar surface area (TPSA) is 76.9 Å². The zero-order valence-electron chi connectivity index (χ0n) is 12.2. The van der Waals surface area contributed by atoms with E-state index >= 15 is 0 Å². The van der Waals surface area contributed by atoms with Crippen LogP contribution in [0.1, 0.15) is 24.2 Å². The van der Waals surface area contributed by atoms with E-state index in [4.69, 9.17) is 11.6 Å². The van der Waals surface area contributed by atoms with E-state index in [-0.39, 0.29) is 10.9 Å². The Morgan fingerprint density at radius 1 is 1.36 bits per heavy atom. The Bertz CT molecular complexity index is 765. The minimum Gasteiger partial charge on any atom is -0.318 e. The highest BCUT2D eigenvalue weighted by Gasteiger charge is 2.23. The average Bonchev–Trinajstić information content (AvgIpc) is 2.84. The van der Waals surface area contributed by atoms with Gasteiger partial charge in [0.15, 0.2) is 0 Å². The van der Waals surface area contributed by atoms with Crippen molar-refractivity contribution in [3.8, 4) is 0 Å². The van der Waals surface area contributed by atoms with E-state index in [0.717, 1.165) is 11.4 Å². The van der Waals surface area contributed by atoms with Gasteiger partial charge in [0.05, 0.1) is 4.90 Å². The van der Waals surface area contributed by atoms with Crippen molar-refractivity contribution in [3.63, 3.8) is 0 Å². The number of hydrogen-bond donors (Lipinski definition) is 1. The van der Waals surface area contributed by atoms with Crippen LogP contribution in [0.15, 0.2) is 29.4 Å². The Morgan fingerprint density at radius 3 is 2.95 bits per heavy atom. The van der Waals surface area contributed by atoms with E-state index in [1.54, 1.807) is 18.5 Å². The molecule has 1 aliphatic heterocycles. The predicted molar refractivity (Wildman–Crippen MR) is 83.3 cm³/mol. The molecular weight excluding hydrogens is 324 g/mol. The van der Waals surface area contributed by atoms with Gasteiger partial charge in [-0.25, -0.2) is 13.1 Å². The number of nitrogens with one attached hydrogen (secondary N) is 1. The molecule has 1 aromatic carbocycles. The maximum atomic E-state index is 12.5. The van der Waals surface area contributed by atoms with Gasteiger partial charge in [-0.2, -0.15) is 0 Å². The van der Waals surface area contributed by atoms with Gasteiger partial charge in [-0.05, 0) is 37.5 Å². The number of nitrogens with zero attached hydrogens (tertiary/aromatic N) is 3. The summed E-state index contributed by atoms with van der Waals surface area (Å²) < 4.78 is 29.7. The number of hydrogen-bond acceptors (Lipinski definition) is 4. The summed E-state index contributed by atoms with van der Waals surface area (Å²) in [5, 5.41) is 8.37. The lowest BCUT2D eigenvalue weighted by atomic mass is 10.1. The molecule has 2 aromatic rings. The summed E-state index contributed by atoms with van der Waals surface area (Å²) in [4.78, 5) is 0.201. The van der Waals surface area contributed by atoms with Gasteiger partial charge in [-0.1, -0.05) is 17.7 Å². The molecule has 0 saturated heterocycles. The van der Waals surface area contributed by atoms with E-state index in [2.05, 4.69) is 14.9 Å². The minimum absolute atomic E-state index is 0.119. The van der Waals surface area contributed by atoms with Gasteiger partial charge >= 0.3 is 0 Å². The number of aromatic nitrogens is 3. The van der Waals surface area contributed by atoms with E-state index in [1.165, 1.54) is 6.07 Å². The largest absolute Gasteiger partial charge is 0.318 e.